The maximum absolute atomic E-state index is 5.87. The lowest BCUT2D eigenvalue weighted by molar-refractivity contribution is 0.467. The van der Waals surface area contributed by atoms with E-state index in [1.165, 1.54) is 0 Å². The van der Waals surface area contributed by atoms with E-state index in [4.69, 9.17) is 10.6 Å². The third-order valence-electron chi connectivity index (χ3n) is 2.92. The van der Waals surface area contributed by atoms with E-state index in [1.807, 2.05) is 49.4 Å². The highest BCUT2D eigenvalue weighted by atomic mass is 16.5. The van der Waals surface area contributed by atoms with E-state index in [-0.39, 0.29) is 0 Å². The van der Waals surface area contributed by atoms with Crippen molar-refractivity contribution in [1.29, 1.82) is 0 Å². The maximum atomic E-state index is 5.87. The molecule has 1 aromatic heterocycles. The molecule has 0 amide bonds. The molecule has 3 rings (SSSR count). The molecule has 3 N–H and O–H groups in total. The van der Waals surface area contributed by atoms with Crippen LogP contribution in [0.5, 0.6) is 11.6 Å². The molecule has 5 heteroatoms. The van der Waals surface area contributed by atoms with Gasteiger partial charge in [-0.2, -0.15) is 4.98 Å². The van der Waals surface area contributed by atoms with Crippen molar-refractivity contribution in [3.8, 4) is 11.6 Å². The van der Waals surface area contributed by atoms with E-state index >= 15 is 0 Å². The van der Waals surface area contributed by atoms with Crippen molar-refractivity contribution in [2.24, 2.45) is 5.84 Å². The Bertz CT molecular complexity index is 752. The van der Waals surface area contributed by atoms with Gasteiger partial charge in [0.2, 0.25) is 11.8 Å². The first-order valence-electron chi connectivity index (χ1n) is 6.24. The van der Waals surface area contributed by atoms with Crippen LogP contribution in [0, 0.1) is 6.92 Å². The number of hydrogen-bond acceptors (Lipinski definition) is 5. The standard InChI is InChI=1S/C15H14N4O/c1-10-9-14(18-15(17-10)19-16)20-13-8-4-6-11-5-2-3-7-12(11)13/h2-9H,16H2,1H3,(H,17,18,19). The number of nitrogens with zero attached hydrogens (tertiary/aromatic N) is 2. The molecule has 0 unspecified atom stereocenters. The second-order valence-electron chi connectivity index (χ2n) is 4.39. The minimum Gasteiger partial charge on any atom is -0.438 e. The molecule has 5 nitrogen and oxygen atoms in total. The summed E-state index contributed by atoms with van der Waals surface area (Å²) in [6.07, 6.45) is 0. The van der Waals surface area contributed by atoms with Crippen LogP contribution >= 0.6 is 0 Å². The van der Waals surface area contributed by atoms with Crippen molar-refractivity contribution in [2.45, 2.75) is 6.92 Å². The zero-order valence-electron chi connectivity index (χ0n) is 11.0. The first-order chi connectivity index (χ1) is 9.76. The number of nitrogens with two attached hydrogens (primary N) is 1. The summed E-state index contributed by atoms with van der Waals surface area (Å²) in [6, 6.07) is 15.7. The Morgan fingerprint density at radius 2 is 1.85 bits per heavy atom. The molecule has 0 atom stereocenters. The Balaban J connectivity index is 2.03. The fraction of sp³-hybridized carbons (Fsp3) is 0.0667. The summed E-state index contributed by atoms with van der Waals surface area (Å²) in [5.41, 5.74) is 3.21. The van der Waals surface area contributed by atoms with Gasteiger partial charge in [0.05, 0.1) is 0 Å². The molecule has 0 aliphatic rings. The molecule has 0 bridgehead atoms. The third-order valence-corrected chi connectivity index (χ3v) is 2.92. The van der Waals surface area contributed by atoms with Crippen LogP contribution < -0.4 is 16.0 Å². The number of nitrogen functional groups attached to an aromatic ring is 1. The summed E-state index contributed by atoms with van der Waals surface area (Å²) in [5.74, 6) is 6.89. The molecule has 0 fully saturated rings. The van der Waals surface area contributed by atoms with E-state index in [0.717, 1.165) is 22.2 Å². The Kier molecular flexibility index (Phi) is 3.18. The normalized spacial score (nSPS) is 10.5. The minimum absolute atomic E-state index is 0.334. The van der Waals surface area contributed by atoms with E-state index in [0.29, 0.717) is 11.8 Å². The average Bonchev–Trinajstić information content (AvgIpc) is 2.47. The van der Waals surface area contributed by atoms with Crippen LogP contribution in [-0.4, -0.2) is 9.97 Å². The average molecular weight is 266 g/mol. The first kappa shape index (κ1) is 12.4. The summed E-state index contributed by atoms with van der Waals surface area (Å²) in [4.78, 5) is 8.31. The van der Waals surface area contributed by atoms with Crippen LogP contribution in [0.3, 0.4) is 0 Å². The maximum Gasteiger partial charge on any atom is 0.240 e. The Morgan fingerprint density at radius 3 is 2.70 bits per heavy atom. The molecule has 1 heterocycles. The number of nitrogens with one attached hydrogen (secondary N) is 1. The predicted octanol–water partition coefficient (Wildman–Crippen LogP) is 3.02. The molecule has 0 spiro atoms. The highest BCUT2D eigenvalue weighted by molar-refractivity contribution is 5.88. The lowest BCUT2D eigenvalue weighted by Crippen LogP contribution is -2.11. The van der Waals surface area contributed by atoms with Crippen molar-refractivity contribution in [3.63, 3.8) is 0 Å². The minimum atomic E-state index is 0.334. The summed E-state index contributed by atoms with van der Waals surface area (Å²) >= 11 is 0. The van der Waals surface area contributed by atoms with Crippen LogP contribution in [-0.2, 0) is 0 Å². The fourth-order valence-corrected chi connectivity index (χ4v) is 2.05. The monoisotopic (exact) mass is 266 g/mol. The molecule has 2 aromatic carbocycles. The van der Waals surface area contributed by atoms with Gasteiger partial charge in [-0.15, -0.1) is 0 Å². The summed E-state index contributed by atoms with van der Waals surface area (Å²) in [5, 5.41) is 2.15. The van der Waals surface area contributed by atoms with Crippen LogP contribution in [0.1, 0.15) is 5.69 Å². The number of fused-ring (bicyclic) bond motifs is 1. The van der Waals surface area contributed by atoms with Crippen LogP contribution in [0.15, 0.2) is 48.5 Å². The molecule has 0 aliphatic heterocycles. The van der Waals surface area contributed by atoms with Gasteiger partial charge in [-0.25, -0.2) is 10.8 Å². The van der Waals surface area contributed by atoms with Crippen molar-refractivity contribution >= 4 is 16.7 Å². The van der Waals surface area contributed by atoms with Gasteiger partial charge in [-0.3, -0.25) is 5.43 Å². The lowest BCUT2D eigenvalue weighted by Gasteiger charge is -2.09. The summed E-state index contributed by atoms with van der Waals surface area (Å²) in [6.45, 7) is 1.86. The number of ether oxygens (including phenoxy) is 1. The van der Waals surface area contributed by atoms with Gasteiger partial charge in [0.15, 0.2) is 0 Å². The number of aromatic nitrogens is 2. The SMILES string of the molecule is Cc1cc(Oc2cccc3ccccc23)nc(NN)n1. The van der Waals surface area contributed by atoms with E-state index in [2.05, 4.69) is 15.4 Å². The zero-order chi connectivity index (χ0) is 13.9. The van der Waals surface area contributed by atoms with E-state index < -0.39 is 0 Å². The molecule has 0 aliphatic carbocycles. The second kappa shape index (κ2) is 5.14. The Labute approximate surface area is 116 Å². The van der Waals surface area contributed by atoms with Gasteiger partial charge in [-0.1, -0.05) is 36.4 Å². The van der Waals surface area contributed by atoms with Gasteiger partial charge in [0.25, 0.3) is 0 Å². The first-order valence-corrected chi connectivity index (χ1v) is 6.24. The third kappa shape index (κ3) is 2.39. The van der Waals surface area contributed by atoms with Crippen molar-refractivity contribution < 1.29 is 4.74 Å². The topological polar surface area (TPSA) is 73.1 Å². The fourth-order valence-electron chi connectivity index (χ4n) is 2.05. The van der Waals surface area contributed by atoms with Gasteiger partial charge in [0, 0.05) is 17.1 Å². The van der Waals surface area contributed by atoms with Crippen molar-refractivity contribution in [3.05, 3.63) is 54.2 Å². The zero-order valence-corrected chi connectivity index (χ0v) is 11.0. The van der Waals surface area contributed by atoms with Gasteiger partial charge >= 0.3 is 0 Å². The highest BCUT2D eigenvalue weighted by Crippen LogP contribution is 2.29. The number of rotatable bonds is 3. The lowest BCUT2D eigenvalue weighted by atomic mass is 10.1. The molecular formula is C15H14N4O. The number of benzene rings is 2. The summed E-state index contributed by atoms with van der Waals surface area (Å²) < 4.78 is 5.87. The number of anilines is 1. The van der Waals surface area contributed by atoms with Crippen LogP contribution in [0.2, 0.25) is 0 Å². The smallest absolute Gasteiger partial charge is 0.240 e. The predicted molar refractivity (Wildman–Crippen MR) is 78.6 cm³/mol. The number of hydrazine groups is 1. The van der Waals surface area contributed by atoms with Crippen molar-refractivity contribution in [2.75, 3.05) is 5.43 Å². The van der Waals surface area contributed by atoms with E-state index in [9.17, 15) is 0 Å². The van der Waals surface area contributed by atoms with E-state index in [1.54, 1.807) is 6.07 Å². The highest BCUT2D eigenvalue weighted by Gasteiger charge is 2.06. The number of aryl methyl sites for hydroxylation is 1. The molecule has 20 heavy (non-hydrogen) atoms. The quantitative estimate of drug-likeness (QED) is 0.563. The van der Waals surface area contributed by atoms with Crippen molar-refractivity contribution in [1.82, 2.24) is 9.97 Å². The molecule has 0 saturated carbocycles. The second-order valence-corrected chi connectivity index (χ2v) is 4.39. The summed E-state index contributed by atoms with van der Waals surface area (Å²) in [7, 11) is 0. The Hall–Kier alpha value is -2.66. The molecule has 0 saturated heterocycles. The molecular weight excluding hydrogens is 252 g/mol. The largest absolute Gasteiger partial charge is 0.438 e. The molecule has 3 aromatic rings. The number of hydrogen-bond donors (Lipinski definition) is 2. The van der Waals surface area contributed by atoms with Crippen LogP contribution in [0.4, 0.5) is 5.95 Å². The van der Waals surface area contributed by atoms with Gasteiger partial charge < -0.3 is 4.74 Å². The molecule has 100 valence electrons. The molecule has 0 radical (unpaired) electrons. The van der Waals surface area contributed by atoms with Gasteiger partial charge in [-0.05, 0) is 18.4 Å². The Morgan fingerprint density at radius 1 is 1.05 bits per heavy atom. The van der Waals surface area contributed by atoms with Crippen LogP contribution in [0.25, 0.3) is 10.8 Å². The van der Waals surface area contributed by atoms with Gasteiger partial charge in [0.1, 0.15) is 5.75 Å².